The second-order valence-corrected chi connectivity index (χ2v) is 7.14. The number of carbonyl (C=O) groups excluding carboxylic acids is 1. The first-order valence-corrected chi connectivity index (χ1v) is 7.77. The molecule has 7 heteroatoms. The number of nitrogens with one attached hydrogen (secondary N) is 1. The summed E-state index contributed by atoms with van der Waals surface area (Å²) in [6.45, 7) is 8.57. The molecule has 3 rings (SSSR count). The van der Waals surface area contributed by atoms with Crippen molar-refractivity contribution in [3.05, 3.63) is 5.01 Å². The highest BCUT2D eigenvalue weighted by Gasteiger charge is 2.56. The molecular weight excluding hydrogens is 276 g/mol. The Hall–Kier alpha value is -1.21. The first kappa shape index (κ1) is 13.8. The average Bonchev–Trinajstić information content (AvgIpc) is 2.99. The van der Waals surface area contributed by atoms with Gasteiger partial charge in [-0.05, 0) is 20.8 Å². The monoisotopic (exact) mass is 296 g/mol. The minimum atomic E-state index is -0.427. The van der Waals surface area contributed by atoms with Gasteiger partial charge in [0.25, 0.3) is 0 Å². The molecule has 0 aliphatic carbocycles. The fraction of sp³-hybridized carbons (Fsp3) is 0.769. The van der Waals surface area contributed by atoms with E-state index in [9.17, 15) is 4.79 Å². The van der Waals surface area contributed by atoms with Crippen molar-refractivity contribution >= 4 is 22.4 Å². The molecule has 1 aromatic heterocycles. The third-order valence-electron chi connectivity index (χ3n) is 4.03. The van der Waals surface area contributed by atoms with E-state index in [0.29, 0.717) is 19.8 Å². The molecule has 20 heavy (non-hydrogen) atoms. The number of fused-ring (bicyclic) bond motifs is 1. The quantitative estimate of drug-likeness (QED) is 0.894. The Morgan fingerprint density at radius 1 is 1.55 bits per heavy atom. The van der Waals surface area contributed by atoms with Gasteiger partial charge in [-0.3, -0.25) is 4.79 Å². The van der Waals surface area contributed by atoms with E-state index >= 15 is 0 Å². The predicted octanol–water partition coefficient (Wildman–Crippen LogP) is 0.824. The second-order valence-electron chi connectivity index (χ2n) is 5.98. The fourth-order valence-corrected chi connectivity index (χ4v) is 3.72. The van der Waals surface area contributed by atoms with Crippen LogP contribution in [0.3, 0.4) is 0 Å². The Morgan fingerprint density at radius 3 is 3.00 bits per heavy atom. The van der Waals surface area contributed by atoms with Gasteiger partial charge in [0.15, 0.2) is 0 Å². The molecule has 6 nitrogen and oxygen atoms in total. The topological polar surface area (TPSA) is 67.3 Å². The maximum Gasteiger partial charge on any atom is 0.231 e. The molecule has 110 valence electrons. The minimum Gasteiger partial charge on any atom is -0.380 e. The molecule has 1 N–H and O–H groups in total. The SMILES string of the molecule is Cc1nnc(N2C[C@@H]3COC[C@]3(C(=O)NC(C)C)C2)s1. The number of amides is 1. The fourth-order valence-electron chi connectivity index (χ4n) is 3.02. The Morgan fingerprint density at radius 2 is 2.35 bits per heavy atom. The van der Waals surface area contributed by atoms with Crippen LogP contribution in [0, 0.1) is 18.3 Å². The van der Waals surface area contributed by atoms with Crippen LogP contribution in [0.15, 0.2) is 0 Å². The van der Waals surface area contributed by atoms with Gasteiger partial charge in [-0.25, -0.2) is 0 Å². The van der Waals surface area contributed by atoms with Crippen LogP contribution >= 0.6 is 11.3 Å². The van der Waals surface area contributed by atoms with Crippen LogP contribution in [0.2, 0.25) is 0 Å². The largest absolute Gasteiger partial charge is 0.380 e. The number of rotatable bonds is 3. The van der Waals surface area contributed by atoms with Crippen LogP contribution in [0.1, 0.15) is 18.9 Å². The van der Waals surface area contributed by atoms with Crippen LogP contribution in [-0.4, -0.2) is 48.4 Å². The number of carbonyl (C=O) groups is 1. The molecule has 1 aromatic rings. The third kappa shape index (κ3) is 2.18. The molecule has 2 aliphatic rings. The van der Waals surface area contributed by atoms with Crippen molar-refractivity contribution in [1.29, 1.82) is 0 Å². The van der Waals surface area contributed by atoms with E-state index in [2.05, 4.69) is 20.4 Å². The molecule has 0 spiro atoms. The van der Waals surface area contributed by atoms with Crippen LogP contribution < -0.4 is 10.2 Å². The summed E-state index contributed by atoms with van der Waals surface area (Å²) in [4.78, 5) is 14.8. The maximum atomic E-state index is 12.6. The minimum absolute atomic E-state index is 0.110. The molecular formula is C13H20N4O2S. The van der Waals surface area contributed by atoms with Gasteiger partial charge in [-0.1, -0.05) is 11.3 Å². The zero-order valence-corrected chi connectivity index (χ0v) is 12.9. The summed E-state index contributed by atoms with van der Waals surface area (Å²) in [7, 11) is 0. The Balaban J connectivity index is 1.81. The molecule has 3 heterocycles. The molecule has 2 saturated heterocycles. The Bertz CT molecular complexity index is 518. The van der Waals surface area contributed by atoms with Gasteiger partial charge >= 0.3 is 0 Å². The summed E-state index contributed by atoms with van der Waals surface area (Å²) >= 11 is 1.58. The number of hydrogen-bond acceptors (Lipinski definition) is 6. The Labute approximate surface area is 122 Å². The summed E-state index contributed by atoms with van der Waals surface area (Å²) in [5, 5.41) is 13.2. The van der Waals surface area contributed by atoms with Gasteiger partial charge in [0, 0.05) is 25.0 Å². The zero-order valence-electron chi connectivity index (χ0n) is 12.0. The van der Waals surface area contributed by atoms with Crippen LogP contribution in [0.25, 0.3) is 0 Å². The lowest BCUT2D eigenvalue weighted by Gasteiger charge is -2.26. The maximum absolute atomic E-state index is 12.6. The molecule has 0 bridgehead atoms. The number of aromatic nitrogens is 2. The van der Waals surface area contributed by atoms with Crippen molar-refractivity contribution in [2.45, 2.75) is 26.8 Å². The molecule has 2 aliphatic heterocycles. The molecule has 2 fully saturated rings. The van der Waals surface area contributed by atoms with E-state index in [0.717, 1.165) is 16.7 Å². The highest BCUT2D eigenvalue weighted by molar-refractivity contribution is 7.15. The van der Waals surface area contributed by atoms with E-state index in [1.165, 1.54) is 0 Å². The summed E-state index contributed by atoms with van der Waals surface area (Å²) in [5.74, 6) is 0.351. The van der Waals surface area contributed by atoms with E-state index in [4.69, 9.17) is 4.74 Å². The molecule has 0 unspecified atom stereocenters. The van der Waals surface area contributed by atoms with Gasteiger partial charge in [0.05, 0.1) is 18.6 Å². The first-order valence-electron chi connectivity index (χ1n) is 6.95. The van der Waals surface area contributed by atoms with Gasteiger partial charge in [0.2, 0.25) is 11.0 Å². The number of nitrogens with zero attached hydrogens (tertiary/aromatic N) is 3. The lowest BCUT2D eigenvalue weighted by molar-refractivity contribution is -0.131. The van der Waals surface area contributed by atoms with Crippen LogP contribution in [0.5, 0.6) is 0 Å². The third-order valence-corrected chi connectivity index (χ3v) is 4.93. The standard InChI is InChI=1S/C13H20N4O2S/c1-8(2)14-11(18)13-6-17(4-10(13)5-19-7-13)12-16-15-9(3)20-12/h8,10H,4-7H2,1-3H3,(H,14,18)/t10-,13-/m1/s1. The number of hydrogen-bond donors (Lipinski definition) is 1. The van der Waals surface area contributed by atoms with Crippen LogP contribution in [0.4, 0.5) is 5.13 Å². The summed E-state index contributed by atoms with van der Waals surface area (Å²) in [6.07, 6.45) is 0. The number of aryl methyl sites for hydroxylation is 1. The van der Waals surface area contributed by atoms with Gasteiger partial charge in [-0.2, -0.15) is 0 Å². The second kappa shape index (κ2) is 4.96. The van der Waals surface area contributed by atoms with E-state index in [1.807, 2.05) is 20.8 Å². The Kier molecular flexibility index (Phi) is 3.41. The number of ether oxygens (including phenoxy) is 1. The van der Waals surface area contributed by atoms with Crippen molar-refractivity contribution in [1.82, 2.24) is 15.5 Å². The number of anilines is 1. The van der Waals surface area contributed by atoms with Crippen molar-refractivity contribution in [2.24, 2.45) is 11.3 Å². The van der Waals surface area contributed by atoms with E-state index in [-0.39, 0.29) is 17.9 Å². The summed E-state index contributed by atoms with van der Waals surface area (Å²) < 4.78 is 5.59. The van der Waals surface area contributed by atoms with Crippen molar-refractivity contribution in [3.8, 4) is 0 Å². The van der Waals surface area contributed by atoms with Crippen LogP contribution in [-0.2, 0) is 9.53 Å². The first-order chi connectivity index (χ1) is 9.51. The highest BCUT2D eigenvalue weighted by atomic mass is 32.1. The molecule has 1 amide bonds. The summed E-state index contributed by atoms with van der Waals surface area (Å²) in [5.41, 5.74) is -0.427. The predicted molar refractivity (Wildman–Crippen MR) is 76.9 cm³/mol. The molecule has 2 atom stereocenters. The van der Waals surface area contributed by atoms with Gasteiger partial charge < -0.3 is 15.0 Å². The average molecular weight is 296 g/mol. The zero-order chi connectivity index (χ0) is 14.3. The lowest BCUT2D eigenvalue weighted by Crippen LogP contribution is -2.48. The highest BCUT2D eigenvalue weighted by Crippen LogP contribution is 2.43. The van der Waals surface area contributed by atoms with E-state index in [1.54, 1.807) is 11.3 Å². The van der Waals surface area contributed by atoms with E-state index < -0.39 is 5.41 Å². The van der Waals surface area contributed by atoms with Crippen molar-refractivity contribution in [2.75, 3.05) is 31.2 Å². The van der Waals surface area contributed by atoms with Gasteiger partial charge in [0.1, 0.15) is 5.01 Å². The van der Waals surface area contributed by atoms with Crippen molar-refractivity contribution in [3.63, 3.8) is 0 Å². The van der Waals surface area contributed by atoms with Gasteiger partial charge in [-0.15, -0.1) is 10.2 Å². The molecule has 0 radical (unpaired) electrons. The summed E-state index contributed by atoms with van der Waals surface area (Å²) in [6, 6.07) is 0.149. The normalized spacial score (nSPS) is 29.0. The molecule has 0 saturated carbocycles. The molecule has 0 aromatic carbocycles. The smallest absolute Gasteiger partial charge is 0.231 e. The van der Waals surface area contributed by atoms with Crippen molar-refractivity contribution < 1.29 is 9.53 Å². The lowest BCUT2D eigenvalue weighted by atomic mass is 9.80.